The number of ether oxygens (including phenoxy) is 1. The number of allylic oxidation sites excluding steroid dienone is 1. The van der Waals surface area contributed by atoms with Gasteiger partial charge >= 0.3 is 5.97 Å². The lowest BCUT2D eigenvalue weighted by atomic mass is 9.97. The Morgan fingerprint density at radius 1 is 1.82 bits per heavy atom. The Hall–Kier alpha value is -0.830. The minimum Gasteiger partial charge on any atom is -0.466 e. The predicted octanol–water partition coefficient (Wildman–Crippen LogP) is 0.631. The van der Waals surface area contributed by atoms with Crippen molar-refractivity contribution in [3.63, 3.8) is 0 Å². The van der Waals surface area contributed by atoms with Gasteiger partial charge in [-0.2, -0.15) is 0 Å². The van der Waals surface area contributed by atoms with Crippen LogP contribution in [-0.4, -0.2) is 24.3 Å². The van der Waals surface area contributed by atoms with Crippen LogP contribution in [0.2, 0.25) is 0 Å². The first-order chi connectivity index (χ1) is 5.25. The van der Waals surface area contributed by atoms with E-state index in [9.17, 15) is 9.90 Å². The Bertz CT molecular complexity index is 184. The van der Waals surface area contributed by atoms with E-state index < -0.39 is 12.1 Å². The highest BCUT2D eigenvalue weighted by molar-refractivity contribution is 5.89. The van der Waals surface area contributed by atoms with Gasteiger partial charge < -0.3 is 9.84 Å². The molecule has 1 rings (SSSR count). The summed E-state index contributed by atoms with van der Waals surface area (Å²) in [6.07, 6.45) is 3.61. The van der Waals surface area contributed by atoms with Crippen molar-refractivity contribution in [2.75, 3.05) is 7.11 Å². The molecule has 1 aliphatic carbocycles. The summed E-state index contributed by atoms with van der Waals surface area (Å²) < 4.78 is 4.49. The summed E-state index contributed by atoms with van der Waals surface area (Å²) in [5.41, 5.74) is 0.416. The van der Waals surface area contributed by atoms with Crippen molar-refractivity contribution in [3.05, 3.63) is 11.6 Å². The molecule has 0 aliphatic heterocycles. The third kappa shape index (κ3) is 1.80. The average molecular weight is 156 g/mol. The van der Waals surface area contributed by atoms with Gasteiger partial charge in [-0.15, -0.1) is 0 Å². The van der Waals surface area contributed by atoms with Gasteiger partial charge in [0.1, 0.15) is 0 Å². The molecule has 0 heterocycles. The largest absolute Gasteiger partial charge is 0.466 e. The number of esters is 1. The second-order valence-electron chi connectivity index (χ2n) is 2.60. The summed E-state index contributed by atoms with van der Waals surface area (Å²) in [7, 11) is 1.32. The minimum absolute atomic E-state index is 0.405. The van der Waals surface area contributed by atoms with Gasteiger partial charge in [0.25, 0.3) is 0 Å². The quantitative estimate of drug-likeness (QED) is 0.566. The summed E-state index contributed by atoms with van der Waals surface area (Å²) in [5, 5.41) is 9.30. The topological polar surface area (TPSA) is 46.5 Å². The molecule has 0 saturated heterocycles. The maximum absolute atomic E-state index is 10.9. The highest BCUT2D eigenvalue weighted by Gasteiger charge is 2.21. The molecule has 0 fully saturated rings. The molecule has 62 valence electrons. The lowest BCUT2D eigenvalue weighted by molar-refractivity contribution is -0.137. The average Bonchev–Trinajstić information content (AvgIpc) is 2.04. The Morgan fingerprint density at radius 3 is 3.09 bits per heavy atom. The molecule has 0 saturated carbocycles. The van der Waals surface area contributed by atoms with Crippen molar-refractivity contribution in [2.45, 2.75) is 25.4 Å². The zero-order chi connectivity index (χ0) is 8.27. The number of aliphatic hydroxyl groups excluding tert-OH is 1. The van der Waals surface area contributed by atoms with Crippen LogP contribution in [0.3, 0.4) is 0 Å². The normalized spacial score (nSPS) is 24.2. The maximum atomic E-state index is 10.9. The molecule has 0 unspecified atom stereocenters. The highest BCUT2D eigenvalue weighted by Crippen LogP contribution is 2.18. The van der Waals surface area contributed by atoms with Crippen molar-refractivity contribution in [1.29, 1.82) is 0 Å². The van der Waals surface area contributed by atoms with E-state index in [0.29, 0.717) is 12.0 Å². The van der Waals surface area contributed by atoms with Crippen molar-refractivity contribution in [3.8, 4) is 0 Å². The highest BCUT2D eigenvalue weighted by atomic mass is 16.5. The smallest absolute Gasteiger partial charge is 0.336 e. The zero-order valence-electron chi connectivity index (χ0n) is 6.54. The number of hydrogen-bond donors (Lipinski definition) is 1. The van der Waals surface area contributed by atoms with E-state index in [4.69, 9.17) is 0 Å². The molecular weight excluding hydrogens is 144 g/mol. The van der Waals surface area contributed by atoms with E-state index in [2.05, 4.69) is 4.74 Å². The summed E-state index contributed by atoms with van der Waals surface area (Å²) in [6, 6.07) is 0. The fourth-order valence-corrected chi connectivity index (χ4v) is 1.20. The number of carbonyl (C=O) groups excluding carboxylic acids is 1. The SMILES string of the molecule is COC(=O)C1=CCCC[C@H]1O. The molecule has 3 nitrogen and oxygen atoms in total. The van der Waals surface area contributed by atoms with E-state index in [1.54, 1.807) is 6.08 Å². The van der Waals surface area contributed by atoms with E-state index in [0.717, 1.165) is 12.8 Å². The third-order valence-electron chi connectivity index (χ3n) is 1.83. The standard InChI is InChI=1S/C8H12O3/c1-11-8(10)6-4-2-3-5-7(6)9/h4,7,9H,2-3,5H2,1H3/t7-/m1/s1. The van der Waals surface area contributed by atoms with Gasteiger partial charge in [-0.25, -0.2) is 4.79 Å². The van der Waals surface area contributed by atoms with Crippen LogP contribution in [0.5, 0.6) is 0 Å². The summed E-state index contributed by atoms with van der Waals surface area (Å²) in [4.78, 5) is 10.9. The van der Waals surface area contributed by atoms with Gasteiger partial charge in [0, 0.05) is 0 Å². The van der Waals surface area contributed by atoms with Crippen LogP contribution < -0.4 is 0 Å². The lowest BCUT2D eigenvalue weighted by Crippen LogP contribution is -2.21. The molecule has 11 heavy (non-hydrogen) atoms. The molecule has 0 amide bonds. The first kappa shape index (κ1) is 8.27. The van der Waals surface area contributed by atoms with E-state index >= 15 is 0 Å². The molecule has 0 aromatic heterocycles. The molecule has 1 aliphatic rings. The fraction of sp³-hybridized carbons (Fsp3) is 0.625. The van der Waals surface area contributed by atoms with Gasteiger partial charge in [-0.3, -0.25) is 0 Å². The minimum atomic E-state index is -0.615. The second kappa shape index (κ2) is 3.53. The maximum Gasteiger partial charge on any atom is 0.336 e. The summed E-state index contributed by atoms with van der Waals surface area (Å²) >= 11 is 0. The van der Waals surface area contributed by atoms with Crippen LogP contribution >= 0.6 is 0 Å². The molecule has 0 bridgehead atoms. The third-order valence-corrected chi connectivity index (χ3v) is 1.83. The van der Waals surface area contributed by atoms with Gasteiger partial charge in [0.05, 0.1) is 18.8 Å². The summed E-state index contributed by atoms with van der Waals surface area (Å²) in [5.74, 6) is -0.405. The molecule has 3 heteroatoms. The Balaban J connectivity index is 2.67. The molecule has 0 spiro atoms. The van der Waals surface area contributed by atoms with E-state index in [-0.39, 0.29) is 0 Å². The fourth-order valence-electron chi connectivity index (χ4n) is 1.20. The first-order valence-electron chi connectivity index (χ1n) is 3.72. The Labute approximate surface area is 65.7 Å². The van der Waals surface area contributed by atoms with Crippen molar-refractivity contribution < 1.29 is 14.6 Å². The predicted molar refractivity (Wildman–Crippen MR) is 40.0 cm³/mol. The molecular formula is C8H12O3. The Kier molecular flexibility index (Phi) is 2.65. The number of methoxy groups -OCH3 is 1. The van der Waals surface area contributed by atoms with Crippen LogP contribution in [0.25, 0.3) is 0 Å². The number of carbonyl (C=O) groups is 1. The van der Waals surface area contributed by atoms with Gasteiger partial charge in [-0.1, -0.05) is 6.08 Å². The molecule has 1 N–H and O–H groups in total. The van der Waals surface area contributed by atoms with Crippen LogP contribution in [0, 0.1) is 0 Å². The number of rotatable bonds is 1. The molecule has 0 aromatic carbocycles. The van der Waals surface area contributed by atoms with Crippen molar-refractivity contribution in [2.24, 2.45) is 0 Å². The van der Waals surface area contributed by atoms with Crippen molar-refractivity contribution >= 4 is 5.97 Å². The second-order valence-corrected chi connectivity index (χ2v) is 2.60. The molecule has 1 atom stereocenters. The van der Waals surface area contributed by atoms with Crippen LogP contribution in [-0.2, 0) is 9.53 Å². The lowest BCUT2D eigenvalue weighted by Gasteiger charge is -2.16. The van der Waals surface area contributed by atoms with E-state index in [1.165, 1.54) is 7.11 Å². The Morgan fingerprint density at radius 2 is 2.55 bits per heavy atom. The van der Waals surface area contributed by atoms with Crippen LogP contribution in [0.4, 0.5) is 0 Å². The number of aliphatic hydroxyl groups is 1. The van der Waals surface area contributed by atoms with E-state index in [1.807, 2.05) is 0 Å². The summed E-state index contributed by atoms with van der Waals surface area (Å²) in [6.45, 7) is 0. The van der Waals surface area contributed by atoms with Gasteiger partial charge in [0.15, 0.2) is 0 Å². The van der Waals surface area contributed by atoms with Gasteiger partial charge in [-0.05, 0) is 19.3 Å². The molecule has 0 radical (unpaired) electrons. The number of hydrogen-bond acceptors (Lipinski definition) is 3. The molecule has 0 aromatic rings. The van der Waals surface area contributed by atoms with Crippen molar-refractivity contribution in [1.82, 2.24) is 0 Å². The zero-order valence-corrected chi connectivity index (χ0v) is 6.54. The first-order valence-corrected chi connectivity index (χ1v) is 3.72. The van der Waals surface area contributed by atoms with Crippen LogP contribution in [0.1, 0.15) is 19.3 Å². The monoisotopic (exact) mass is 156 g/mol. The van der Waals surface area contributed by atoms with Gasteiger partial charge in [0.2, 0.25) is 0 Å². The van der Waals surface area contributed by atoms with Crippen LogP contribution in [0.15, 0.2) is 11.6 Å².